The summed E-state index contributed by atoms with van der Waals surface area (Å²) < 4.78 is 4.74. The first-order valence-corrected chi connectivity index (χ1v) is 6.63. The van der Waals surface area contributed by atoms with Crippen LogP contribution in [0.15, 0.2) is 0 Å². The number of rotatable bonds is 5. The second-order valence-electron chi connectivity index (χ2n) is 5.15. The molecule has 5 nitrogen and oxygen atoms in total. The van der Waals surface area contributed by atoms with Crippen molar-refractivity contribution in [2.24, 2.45) is 5.92 Å². The van der Waals surface area contributed by atoms with Gasteiger partial charge in [0, 0.05) is 12.8 Å². The number of amides is 1. The number of ketones is 1. The van der Waals surface area contributed by atoms with E-state index in [4.69, 9.17) is 4.74 Å². The molecular weight excluding hydrogens is 234 g/mol. The molecule has 2 aliphatic rings. The van der Waals surface area contributed by atoms with Crippen molar-refractivity contribution in [2.45, 2.75) is 51.0 Å². The van der Waals surface area contributed by atoms with Gasteiger partial charge >= 0.3 is 5.97 Å². The van der Waals surface area contributed by atoms with E-state index in [0.29, 0.717) is 25.4 Å². The first-order chi connectivity index (χ1) is 8.65. The highest BCUT2D eigenvalue weighted by atomic mass is 16.5. The summed E-state index contributed by atoms with van der Waals surface area (Å²) in [4.78, 5) is 34.4. The number of hydrogen-bond acceptors (Lipinski definition) is 4. The van der Waals surface area contributed by atoms with Crippen molar-refractivity contribution in [3.05, 3.63) is 0 Å². The Morgan fingerprint density at radius 2 is 1.94 bits per heavy atom. The topological polar surface area (TPSA) is 72.5 Å². The highest BCUT2D eigenvalue weighted by molar-refractivity contribution is 5.99. The standard InChI is InChI=1S/C13H19NO4/c15-10(7-9-3-1-2-4-9)8-12(16)14-11-5-6-18-13(11)17/h9,11H,1-8H2,(H,14,16)/t11-/m0/s1. The van der Waals surface area contributed by atoms with Gasteiger partial charge in [-0.25, -0.2) is 4.79 Å². The molecule has 0 unspecified atom stereocenters. The quantitative estimate of drug-likeness (QED) is 0.585. The van der Waals surface area contributed by atoms with E-state index in [2.05, 4.69) is 5.32 Å². The van der Waals surface area contributed by atoms with Gasteiger partial charge in [-0.3, -0.25) is 9.59 Å². The highest BCUT2D eigenvalue weighted by Crippen LogP contribution is 2.27. The fourth-order valence-electron chi connectivity index (χ4n) is 2.66. The smallest absolute Gasteiger partial charge is 0.328 e. The largest absolute Gasteiger partial charge is 0.464 e. The molecule has 1 atom stereocenters. The summed E-state index contributed by atoms with van der Waals surface area (Å²) in [6, 6.07) is -0.559. The van der Waals surface area contributed by atoms with Gasteiger partial charge in [0.25, 0.3) is 0 Å². The number of Topliss-reactive ketones (excluding diaryl/α,β-unsaturated/α-hetero) is 1. The molecule has 1 heterocycles. The number of ether oxygens (including phenoxy) is 1. The van der Waals surface area contributed by atoms with Crippen molar-refractivity contribution in [3.8, 4) is 0 Å². The van der Waals surface area contributed by atoms with Crippen LogP contribution in [-0.2, 0) is 19.1 Å². The third-order valence-corrected chi connectivity index (χ3v) is 3.62. The zero-order valence-electron chi connectivity index (χ0n) is 10.4. The lowest BCUT2D eigenvalue weighted by Gasteiger charge is -2.10. The van der Waals surface area contributed by atoms with E-state index in [1.807, 2.05) is 0 Å². The number of esters is 1. The first kappa shape index (κ1) is 13.1. The van der Waals surface area contributed by atoms with Crippen molar-refractivity contribution in [1.82, 2.24) is 5.32 Å². The van der Waals surface area contributed by atoms with Gasteiger partial charge in [0.1, 0.15) is 11.8 Å². The Morgan fingerprint density at radius 3 is 2.56 bits per heavy atom. The Hall–Kier alpha value is -1.39. The van der Waals surface area contributed by atoms with Crippen molar-refractivity contribution in [3.63, 3.8) is 0 Å². The minimum atomic E-state index is -0.559. The molecule has 0 aromatic rings. The molecule has 2 rings (SSSR count). The fourth-order valence-corrected chi connectivity index (χ4v) is 2.66. The van der Waals surface area contributed by atoms with E-state index in [-0.39, 0.29) is 18.1 Å². The molecule has 1 amide bonds. The van der Waals surface area contributed by atoms with E-state index < -0.39 is 12.0 Å². The van der Waals surface area contributed by atoms with E-state index in [1.54, 1.807) is 0 Å². The molecule has 18 heavy (non-hydrogen) atoms. The lowest BCUT2D eigenvalue weighted by molar-refractivity contribution is -0.142. The summed E-state index contributed by atoms with van der Waals surface area (Å²) in [5, 5.41) is 2.55. The van der Waals surface area contributed by atoms with Gasteiger partial charge in [-0.2, -0.15) is 0 Å². The molecule has 1 saturated heterocycles. The van der Waals surface area contributed by atoms with Gasteiger partial charge in [0.05, 0.1) is 13.0 Å². The Kier molecular flexibility index (Phi) is 4.33. The van der Waals surface area contributed by atoms with Gasteiger partial charge in [-0.15, -0.1) is 0 Å². The van der Waals surface area contributed by atoms with Gasteiger partial charge in [-0.05, 0) is 5.92 Å². The minimum absolute atomic E-state index is 0.0224. The fraction of sp³-hybridized carbons (Fsp3) is 0.769. The van der Waals surface area contributed by atoms with Crippen LogP contribution in [0.1, 0.15) is 44.9 Å². The average molecular weight is 253 g/mol. The molecular formula is C13H19NO4. The van der Waals surface area contributed by atoms with Crippen molar-refractivity contribution >= 4 is 17.7 Å². The van der Waals surface area contributed by atoms with Gasteiger partial charge < -0.3 is 10.1 Å². The van der Waals surface area contributed by atoms with Gasteiger partial charge in [-0.1, -0.05) is 25.7 Å². The maximum Gasteiger partial charge on any atom is 0.328 e. The maximum absolute atomic E-state index is 11.7. The van der Waals surface area contributed by atoms with E-state index in [1.165, 1.54) is 12.8 Å². The molecule has 100 valence electrons. The van der Waals surface area contributed by atoms with E-state index >= 15 is 0 Å². The Bertz CT molecular complexity index is 347. The molecule has 1 N–H and O–H groups in total. The lowest BCUT2D eigenvalue weighted by Crippen LogP contribution is -2.38. The lowest BCUT2D eigenvalue weighted by atomic mass is 9.99. The maximum atomic E-state index is 11.7. The van der Waals surface area contributed by atoms with Crippen LogP contribution in [-0.4, -0.2) is 30.3 Å². The number of hydrogen-bond donors (Lipinski definition) is 1. The Morgan fingerprint density at radius 1 is 1.22 bits per heavy atom. The third-order valence-electron chi connectivity index (χ3n) is 3.62. The normalized spacial score (nSPS) is 24.0. The number of nitrogens with one attached hydrogen (secondary N) is 1. The van der Waals surface area contributed by atoms with Crippen LogP contribution in [0.25, 0.3) is 0 Å². The monoisotopic (exact) mass is 253 g/mol. The molecule has 1 saturated carbocycles. The first-order valence-electron chi connectivity index (χ1n) is 6.63. The molecule has 0 bridgehead atoms. The SMILES string of the molecule is O=C(CC(=O)N[C@H]1CCOC1=O)CC1CCCC1. The molecule has 5 heteroatoms. The van der Waals surface area contributed by atoms with Crippen LogP contribution in [0.3, 0.4) is 0 Å². The summed E-state index contributed by atoms with van der Waals surface area (Å²) in [5.74, 6) is -0.319. The Balaban J connectivity index is 1.69. The van der Waals surface area contributed by atoms with Gasteiger partial charge in [0.15, 0.2) is 0 Å². The van der Waals surface area contributed by atoms with E-state index in [9.17, 15) is 14.4 Å². The van der Waals surface area contributed by atoms with Crippen molar-refractivity contribution < 1.29 is 19.1 Å². The zero-order chi connectivity index (χ0) is 13.0. The van der Waals surface area contributed by atoms with Crippen LogP contribution in [0.5, 0.6) is 0 Å². The van der Waals surface area contributed by atoms with E-state index in [0.717, 1.165) is 12.8 Å². The molecule has 1 aliphatic heterocycles. The van der Waals surface area contributed by atoms with Crippen LogP contribution in [0.4, 0.5) is 0 Å². The molecule has 0 aromatic carbocycles. The molecule has 0 spiro atoms. The third kappa shape index (κ3) is 3.55. The summed E-state index contributed by atoms with van der Waals surface area (Å²) in [6.07, 6.45) is 5.48. The van der Waals surface area contributed by atoms with Crippen LogP contribution >= 0.6 is 0 Å². The van der Waals surface area contributed by atoms with Gasteiger partial charge in [0.2, 0.25) is 5.91 Å². The van der Waals surface area contributed by atoms with Crippen molar-refractivity contribution in [1.29, 1.82) is 0 Å². The molecule has 0 radical (unpaired) electrons. The average Bonchev–Trinajstić information content (AvgIpc) is 2.91. The summed E-state index contributed by atoms with van der Waals surface area (Å²) in [6.45, 7) is 0.347. The second-order valence-corrected chi connectivity index (χ2v) is 5.15. The predicted molar refractivity (Wildman–Crippen MR) is 63.7 cm³/mol. The molecule has 0 aromatic heterocycles. The van der Waals surface area contributed by atoms with Crippen molar-refractivity contribution in [2.75, 3.05) is 6.61 Å². The summed E-state index contributed by atoms with van der Waals surface area (Å²) >= 11 is 0. The summed E-state index contributed by atoms with van der Waals surface area (Å²) in [5.41, 5.74) is 0. The zero-order valence-corrected chi connectivity index (χ0v) is 10.4. The summed E-state index contributed by atoms with van der Waals surface area (Å²) in [7, 11) is 0. The number of carbonyl (C=O) groups excluding carboxylic acids is 3. The molecule has 2 fully saturated rings. The highest BCUT2D eigenvalue weighted by Gasteiger charge is 2.28. The second kappa shape index (κ2) is 5.98. The van der Waals surface area contributed by atoms with Crippen LogP contribution < -0.4 is 5.32 Å². The predicted octanol–water partition coefficient (Wildman–Crippen LogP) is 0.958. The number of carbonyl (C=O) groups is 3. The molecule has 1 aliphatic carbocycles. The number of cyclic esters (lactones) is 1. The minimum Gasteiger partial charge on any atom is -0.464 e. The van der Waals surface area contributed by atoms with Crippen LogP contribution in [0, 0.1) is 5.92 Å². The Labute approximate surface area is 106 Å². The van der Waals surface area contributed by atoms with Crippen LogP contribution in [0.2, 0.25) is 0 Å².